The highest BCUT2D eigenvalue weighted by Gasteiger charge is 2.42. The van der Waals surface area contributed by atoms with Crippen LogP contribution in [0, 0.1) is 0 Å². The van der Waals surface area contributed by atoms with Crippen LogP contribution < -0.4 is 0 Å². The molecule has 0 aromatic carbocycles. The maximum atomic E-state index is 13.0. The molecule has 1 N–H and O–H groups in total. The number of nitrogens with zero attached hydrogens (tertiary/aromatic N) is 3. The molecule has 1 aliphatic carbocycles. The Balaban J connectivity index is 1.41. The maximum Gasteiger partial charge on any atom is 0.274 e. The van der Waals surface area contributed by atoms with Crippen LogP contribution in [-0.4, -0.2) is 70.2 Å². The van der Waals surface area contributed by atoms with Crippen LogP contribution in [0.5, 0.6) is 0 Å². The van der Waals surface area contributed by atoms with Crippen molar-refractivity contribution in [3.05, 3.63) is 17.0 Å². The molecule has 2 aliphatic heterocycles. The molecule has 0 atom stereocenters. The molecule has 2 saturated heterocycles. The highest BCUT2D eigenvalue weighted by molar-refractivity contribution is 5.94. The van der Waals surface area contributed by atoms with Gasteiger partial charge in [0.05, 0.1) is 18.6 Å². The van der Waals surface area contributed by atoms with E-state index >= 15 is 0 Å². The van der Waals surface area contributed by atoms with E-state index in [1.165, 1.54) is 0 Å². The van der Waals surface area contributed by atoms with Crippen molar-refractivity contribution in [2.75, 3.05) is 32.8 Å². The maximum absolute atomic E-state index is 13.0. The number of likely N-dealkylation sites (tertiary alicyclic amines) is 1. The fourth-order valence-corrected chi connectivity index (χ4v) is 4.69. The van der Waals surface area contributed by atoms with E-state index in [-0.39, 0.29) is 11.8 Å². The summed E-state index contributed by atoms with van der Waals surface area (Å²) in [4.78, 5) is 29.4. The molecule has 0 saturated carbocycles. The van der Waals surface area contributed by atoms with E-state index in [0.29, 0.717) is 38.4 Å². The molecule has 27 heavy (non-hydrogen) atoms. The molecule has 3 heterocycles. The van der Waals surface area contributed by atoms with E-state index < -0.39 is 5.60 Å². The first-order valence-electron chi connectivity index (χ1n) is 10.4. The van der Waals surface area contributed by atoms with Crippen molar-refractivity contribution in [1.82, 2.24) is 20.0 Å². The molecule has 1 spiro atoms. The molecule has 0 unspecified atom stereocenters. The first-order valence-corrected chi connectivity index (χ1v) is 10.4. The second-order valence-corrected chi connectivity index (χ2v) is 8.12. The molecule has 148 valence electrons. The van der Waals surface area contributed by atoms with Crippen LogP contribution in [0.25, 0.3) is 0 Å². The Morgan fingerprint density at radius 3 is 2.78 bits per heavy atom. The Morgan fingerprint density at radius 1 is 1.22 bits per heavy atom. The SMILES string of the molecule is CCCN1CCOC2(CCN(C(=O)c3n[nH]c4c3CCCC4)CC2)CC1=O. The zero-order valence-corrected chi connectivity index (χ0v) is 16.3. The number of carbonyl (C=O) groups is 2. The zero-order chi connectivity index (χ0) is 18.9. The summed E-state index contributed by atoms with van der Waals surface area (Å²) in [5.74, 6) is 0.215. The van der Waals surface area contributed by atoms with E-state index in [1.54, 1.807) is 0 Å². The third kappa shape index (κ3) is 3.61. The van der Waals surface area contributed by atoms with Crippen molar-refractivity contribution in [2.45, 2.75) is 63.9 Å². The smallest absolute Gasteiger partial charge is 0.274 e. The summed E-state index contributed by atoms with van der Waals surface area (Å²) < 4.78 is 6.17. The van der Waals surface area contributed by atoms with Crippen LogP contribution in [0.2, 0.25) is 0 Å². The van der Waals surface area contributed by atoms with Gasteiger partial charge in [-0.1, -0.05) is 6.92 Å². The standard InChI is InChI=1S/C20H30N4O3/c1-2-9-23-12-13-27-20(14-17(23)25)7-10-24(11-8-20)19(26)18-15-5-3-4-6-16(15)21-22-18/h2-14H2,1H3,(H,21,22). The van der Waals surface area contributed by atoms with Gasteiger partial charge >= 0.3 is 0 Å². The minimum atomic E-state index is -0.401. The van der Waals surface area contributed by atoms with Crippen molar-refractivity contribution < 1.29 is 14.3 Å². The fourth-order valence-electron chi connectivity index (χ4n) is 4.69. The number of hydrogen-bond acceptors (Lipinski definition) is 4. The predicted molar refractivity (Wildman–Crippen MR) is 101 cm³/mol. The summed E-state index contributed by atoms with van der Waals surface area (Å²) in [6.45, 7) is 5.41. The van der Waals surface area contributed by atoms with Gasteiger partial charge in [-0.15, -0.1) is 0 Å². The third-order valence-electron chi connectivity index (χ3n) is 6.31. The number of fused-ring (bicyclic) bond motifs is 1. The second kappa shape index (κ2) is 7.62. The largest absolute Gasteiger partial charge is 0.372 e. The third-order valence-corrected chi connectivity index (χ3v) is 6.31. The van der Waals surface area contributed by atoms with Gasteiger partial charge in [0.2, 0.25) is 5.91 Å². The fraction of sp³-hybridized carbons (Fsp3) is 0.750. The molecular formula is C20H30N4O3. The molecule has 0 radical (unpaired) electrons. The molecule has 4 rings (SSSR count). The molecule has 7 heteroatoms. The van der Waals surface area contributed by atoms with E-state index in [2.05, 4.69) is 17.1 Å². The summed E-state index contributed by atoms with van der Waals surface area (Å²) in [5.41, 5.74) is 2.45. The van der Waals surface area contributed by atoms with E-state index in [9.17, 15) is 9.59 Å². The number of piperidine rings is 1. The number of aromatic nitrogens is 2. The lowest BCUT2D eigenvalue weighted by molar-refractivity contribution is -0.135. The van der Waals surface area contributed by atoms with Gasteiger partial charge in [0, 0.05) is 37.4 Å². The van der Waals surface area contributed by atoms with Gasteiger partial charge in [-0.25, -0.2) is 0 Å². The van der Waals surface area contributed by atoms with E-state index in [0.717, 1.165) is 62.7 Å². The summed E-state index contributed by atoms with van der Waals surface area (Å²) >= 11 is 0. The van der Waals surface area contributed by atoms with Crippen LogP contribution in [0.15, 0.2) is 0 Å². The molecule has 7 nitrogen and oxygen atoms in total. The predicted octanol–water partition coefficient (Wildman–Crippen LogP) is 1.92. The number of H-pyrrole nitrogens is 1. The average molecular weight is 374 g/mol. The Bertz CT molecular complexity index is 706. The molecule has 2 fully saturated rings. The van der Waals surface area contributed by atoms with Gasteiger partial charge in [-0.2, -0.15) is 5.10 Å². The minimum Gasteiger partial charge on any atom is -0.372 e. The van der Waals surface area contributed by atoms with Gasteiger partial charge in [-0.3, -0.25) is 14.7 Å². The van der Waals surface area contributed by atoms with Crippen LogP contribution >= 0.6 is 0 Å². The van der Waals surface area contributed by atoms with Crippen LogP contribution in [0.4, 0.5) is 0 Å². The Hall–Kier alpha value is -1.89. The van der Waals surface area contributed by atoms with Crippen molar-refractivity contribution in [2.24, 2.45) is 0 Å². The van der Waals surface area contributed by atoms with E-state index in [1.807, 2.05) is 9.80 Å². The molecule has 3 aliphatic rings. The summed E-state index contributed by atoms with van der Waals surface area (Å²) in [6.07, 6.45) is 7.06. The normalized spacial score (nSPS) is 22.6. The number of amides is 2. The van der Waals surface area contributed by atoms with Crippen LogP contribution in [0.1, 0.15) is 67.2 Å². The van der Waals surface area contributed by atoms with Gasteiger partial charge < -0.3 is 14.5 Å². The number of carbonyl (C=O) groups excluding carboxylic acids is 2. The van der Waals surface area contributed by atoms with Crippen LogP contribution in [0.3, 0.4) is 0 Å². The minimum absolute atomic E-state index is 0.0248. The Kier molecular flexibility index (Phi) is 5.21. The molecule has 0 bridgehead atoms. The molecule has 1 aromatic heterocycles. The summed E-state index contributed by atoms with van der Waals surface area (Å²) in [5, 5.41) is 7.39. The van der Waals surface area contributed by atoms with Crippen molar-refractivity contribution in [1.29, 1.82) is 0 Å². The number of aryl methyl sites for hydroxylation is 1. The van der Waals surface area contributed by atoms with Gasteiger partial charge in [0.25, 0.3) is 5.91 Å². The van der Waals surface area contributed by atoms with Gasteiger partial charge in [0.1, 0.15) is 0 Å². The average Bonchev–Trinajstić information content (AvgIpc) is 3.05. The number of hydrogen-bond donors (Lipinski definition) is 1. The topological polar surface area (TPSA) is 78.5 Å². The number of rotatable bonds is 3. The lowest BCUT2D eigenvalue weighted by atomic mass is 9.87. The molecule has 1 aromatic rings. The number of nitrogens with one attached hydrogen (secondary N) is 1. The quantitative estimate of drug-likeness (QED) is 0.877. The second-order valence-electron chi connectivity index (χ2n) is 8.12. The lowest BCUT2D eigenvalue weighted by Gasteiger charge is -2.40. The first-order chi connectivity index (χ1) is 13.1. The zero-order valence-electron chi connectivity index (χ0n) is 16.3. The molecular weight excluding hydrogens is 344 g/mol. The monoisotopic (exact) mass is 374 g/mol. The number of aromatic amines is 1. The highest BCUT2D eigenvalue weighted by Crippen LogP contribution is 2.33. The van der Waals surface area contributed by atoms with Crippen LogP contribution in [-0.2, 0) is 22.4 Å². The van der Waals surface area contributed by atoms with E-state index in [4.69, 9.17) is 4.74 Å². The molecule has 2 amide bonds. The number of ether oxygens (including phenoxy) is 1. The summed E-state index contributed by atoms with van der Waals surface area (Å²) in [7, 11) is 0. The first kappa shape index (κ1) is 18.5. The highest BCUT2D eigenvalue weighted by atomic mass is 16.5. The van der Waals surface area contributed by atoms with Crippen molar-refractivity contribution in [3.63, 3.8) is 0 Å². The van der Waals surface area contributed by atoms with Gasteiger partial charge in [0.15, 0.2) is 5.69 Å². The Morgan fingerprint density at radius 2 is 2.00 bits per heavy atom. The lowest BCUT2D eigenvalue weighted by Crippen LogP contribution is -2.49. The van der Waals surface area contributed by atoms with Crippen molar-refractivity contribution in [3.8, 4) is 0 Å². The van der Waals surface area contributed by atoms with Gasteiger partial charge in [-0.05, 0) is 44.9 Å². The van der Waals surface area contributed by atoms with Crippen molar-refractivity contribution >= 4 is 11.8 Å². The summed E-state index contributed by atoms with van der Waals surface area (Å²) in [6, 6.07) is 0. The Labute approximate surface area is 160 Å².